The topological polar surface area (TPSA) is 52.6 Å². The third-order valence-corrected chi connectivity index (χ3v) is 4.22. The number of nitrogens with one attached hydrogen (secondary N) is 1. The van der Waals surface area contributed by atoms with Crippen molar-refractivity contribution in [1.29, 1.82) is 0 Å². The van der Waals surface area contributed by atoms with E-state index in [0.29, 0.717) is 11.5 Å². The van der Waals surface area contributed by atoms with Gasteiger partial charge in [-0.1, -0.05) is 11.8 Å². The van der Waals surface area contributed by atoms with Gasteiger partial charge in [-0.3, -0.25) is 4.79 Å². The number of hydrogen-bond donors (Lipinski definition) is 2. The minimum Gasteiger partial charge on any atom is -0.378 e. The lowest BCUT2D eigenvalue weighted by atomic mass is 9.95. The van der Waals surface area contributed by atoms with Gasteiger partial charge in [0.25, 0.3) is 5.91 Å². The molecule has 1 atom stereocenters. The second-order valence-electron chi connectivity index (χ2n) is 7.20. The molecule has 0 unspecified atom stereocenters. The number of rotatable bonds is 4. The Morgan fingerprint density at radius 1 is 1.38 bits per heavy atom. The van der Waals surface area contributed by atoms with Crippen LogP contribution in [0.15, 0.2) is 24.3 Å². The summed E-state index contributed by atoms with van der Waals surface area (Å²) in [6, 6.07) is 7.17. The fourth-order valence-electron chi connectivity index (χ4n) is 2.93. The highest BCUT2D eigenvalue weighted by Crippen LogP contribution is 2.17. The van der Waals surface area contributed by atoms with Crippen molar-refractivity contribution in [1.82, 2.24) is 10.2 Å². The molecule has 0 spiro atoms. The molecule has 0 aromatic heterocycles. The third kappa shape index (κ3) is 6.35. The monoisotopic (exact) mass is 328 g/mol. The number of carbonyl (C=O) groups is 1. The van der Waals surface area contributed by atoms with Gasteiger partial charge in [-0.15, -0.1) is 0 Å². The van der Waals surface area contributed by atoms with Crippen LogP contribution in [0.2, 0.25) is 0 Å². The van der Waals surface area contributed by atoms with Crippen LogP contribution in [0.3, 0.4) is 0 Å². The van der Waals surface area contributed by atoms with E-state index in [1.807, 2.05) is 12.1 Å². The van der Waals surface area contributed by atoms with Crippen molar-refractivity contribution < 1.29 is 9.90 Å². The second-order valence-corrected chi connectivity index (χ2v) is 7.20. The first-order valence-electron chi connectivity index (χ1n) is 8.66. The Labute approximate surface area is 145 Å². The van der Waals surface area contributed by atoms with E-state index in [-0.39, 0.29) is 5.91 Å². The predicted molar refractivity (Wildman–Crippen MR) is 96.8 cm³/mol. The summed E-state index contributed by atoms with van der Waals surface area (Å²) in [5, 5.41) is 12.6. The molecule has 1 aromatic carbocycles. The van der Waals surface area contributed by atoms with Crippen molar-refractivity contribution in [2.24, 2.45) is 5.92 Å². The second kappa shape index (κ2) is 8.32. The summed E-state index contributed by atoms with van der Waals surface area (Å²) in [5.74, 6) is 6.31. The van der Waals surface area contributed by atoms with Gasteiger partial charge >= 0.3 is 0 Å². The van der Waals surface area contributed by atoms with Crippen LogP contribution in [0.1, 0.15) is 49.0 Å². The van der Waals surface area contributed by atoms with Gasteiger partial charge in [0.05, 0.1) is 0 Å². The molecule has 1 amide bonds. The smallest absolute Gasteiger partial charge is 0.251 e. The van der Waals surface area contributed by atoms with E-state index >= 15 is 0 Å². The molecule has 2 rings (SSSR count). The van der Waals surface area contributed by atoms with E-state index in [9.17, 15) is 9.90 Å². The summed E-state index contributed by atoms with van der Waals surface area (Å²) in [4.78, 5) is 14.5. The van der Waals surface area contributed by atoms with Gasteiger partial charge in [0, 0.05) is 24.2 Å². The van der Waals surface area contributed by atoms with Crippen LogP contribution in [0.25, 0.3) is 0 Å². The van der Waals surface area contributed by atoms with Gasteiger partial charge in [0.15, 0.2) is 0 Å². The predicted octanol–water partition coefficient (Wildman–Crippen LogP) is 2.27. The molecule has 1 saturated heterocycles. The van der Waals surface area contributed by atoms with E-state index in [1.54, 1.807) is 26.0 Å². The van der Waals surface area contributed by atoms with Crippen molar-refractivity contribution in [3.05, 3.63) is 35.4 Å². The molecular weight excluding hydrogens is 300 g/mol. The molecular formula is C20H28N2O2. The average Bonchev–Trinajstić information content (AvgIpc) is 2.53. The van der Waals surface area contributed by atoms with E-state index in [1.165, 1.54) is 19.4 Å². The van der Waals surface area contributed by atoms with Gasteiger partial charge in [0.2, 0.25) is 0 Å². The normalized spacial score (nSPS) is 18.6. The summed E-state index contributed by atoms with van der Waals surface area (Å²) in [5.41, 5.74) is 0.423. The molecule has 4 nitrogen and oxygen atoms in total. The summed E-state index contributed by atoms with van der Waals surface area (Å²) < 4.78 is 0. The molecule has 1 aliphatic heterocycles. The summed E-state index contributed by atoms with van der Waals surface area (Å²) in [6.45, 7) is 6.32. The van der Waals surface area contributed by atoms with E-state index < -0.39 is 5.60 Å². The number of likely N-dealkylation sites (tertiary alicyclic amines) is 1. The van der Waals surface area contributed by atoms with Gasteiger partial charge in [0.1, 0.15) is 5.60 Å². The number of carbonyl (C=O) groups excluding carboxylic acids is 1. The first-order valence-corrected chi connectivity index (χ1v) is 8.66. The fraction of sp³-hybridized carbons (Fsp3) is 0.550. The van der Waals surface area contributed by atoms with Gasteiger partial charge in [-0.2, -0.15) is 0 Å². The lowest BCUT2D eigenvalue weighted by Gasteiger charge is -2.29. The molecule has 0 saturated carbocycles. The maximum Gasteiger partial charge on any atom is 0.251 e. The molecule has 130 valence electrons. The molecule has 1 heterocycles. The van der Waals surface area contributed by atoms with Crippen LogP contribution in [-0.4, -0.2) is 48.2 Å². The van der Waals surface area contributed by atoms with Crippen LogP contribution >= 0.6 is 0 Å². The Balaban J connectivity index is 1.81. The number of nitrogens with zero attached hydrogens (tertiary/aromatic N) is 1. The zero-order valence-corrected chi connectivity index (χ0v) is 14.9. The van der Waals surface area contributed by atoms with Gasteiger partial charge in [-0.05, 0) is 76.9 Å². The maximum atomic E-state index is 12.2. The van der Waals surface area contributed by atoms with Gasteiger partial charge < -0.3 is 15.3 Å². The summed E-state index contributed by atoms with van der Waals surface area (Å²) in [7, 11) is 2.16. The molecule has 1 fully saturated rings. The number of piperidine rings is 1. The Hall–Kier alpha value is -1.83. The van der Waals surface area contributed by atoms with Crippen molar-refractivity contribution >= 4 is 5.91 Å². The number of aliphatic hydroxyl groups is 1. The quantitative estimate of drug-likeness (QED) is 0.834. The van der Waals surface area contributed by atoms with Crippen molar-refractivity contribution in [3.8, 4) is 11.8 Å². The Bertz CT molecular complexity index is 605. The first-order chi connectivity index (χ1) is 11.3. The first kappa shape index (κ1) is 18.5. The SMILES string of the molecule is CN1CCC[C@H](CCNC(=O)c2ccc(C#CC(C)(C)O)cc2)C1. The highest BCUT2D eigenvalue weighted by Gasteiger charge is 2.17. The molecule has 4 heteroatoms. The van der Waals surface area contributed by atoms with Crippen molar-refractivity contribution in [3.63, 3.8) is 0 Å². The molecule has 24 heavy (non-hydrogen) atoms. The largest absolute Gasteiger partial charge is 0.378 e. The Morgan fingerprint density at radius 3 is 2.71 bits per heavy atom. The van der Waals surface area contributed by atoms with E-state index in [2.05, 4.69) is 29.1 Å². The minimum atomic E-state index is -1.01. The number of hydrogen-bond acceptors (Lipinski definition) is 3. The molecule has 0 aliphatic carbocycles. The molecule has 2 N–H and O–H groups in total. The summed E-state index contributed by atoms with van der Waals surface area (Å²) in [6.07, 6.45) is 3.54. The van der Waals surface area contributed by atoms with Crippen LogP contribution in [-0.2, 0) is 0 Å². The Morgan fingerprint density at radius 2 is 2.08 bits per heavy atom. The van der Waals surface area contributed by atoms with Crippen LogP contribution in [0.5, 0.6) is 0 Å². The number of amides is 1. The third-order valence-electron chi connectivity index (χ3n) is 4.22. The molecule has 1 aromatic rings. The van der Waals surface area contributed by atoms with Crippen molar-refractivity contribution in [2.75, 3.05) is 26.7 Å². The summed E-state index contributed by atoms with van der Waals surface area (Å²) >= 11 is 0. The zero-order valence-electron chi connectivity index (χ0n) is 14.9. The number of benzene rings is 1. The highest BCUT2D eigenvalue weighted by molar-refractivity contribution is 5.94. The van der Waals surface area contributed by atoms with Crippen LogP contribution < -0.4 is 5.32 Å². The van der Waals surface area contributed by atoms with E-state index in [0.717, 1.165) is 25.1 Å². The zero-order chi connectivity index (χ0) is 17.6. The lowest BCUT2D eigenvalue weighted by molar-refractivity contribution is 0.0948. The molecule has 0 radical (unpaired) electrons. The average molecular weight is 328 g/mol. The van der Waals surface area contributed by atoms with Gasteiger partial charge in [-0.25, -0.2) is 0 Å². The minimum absolute atomic E-state index is 0.0406. The van der Waals surface area contributed by atoms with E-state index in [4.69, 9.17) is 0 Å². The van der Waals surface area contributed by atoms with Crippen molar-refractivity contribution in [2.45, 2.75) is 38.7 Å². The fourth-order valence-corrected chi connectivity index (χ4v) is 2.93. The van der Waals surface area contributed by atoms with Crippen LogP contribution in [0.4, 0.5) is 0 Å². The Kier molecular flexibility index (Phi) is 6.42. The lowest BCUT2D eigenvalue weighted by Crippen LogP contribution is -2.34. The maximum absolute atomic E-state index is 12.2. The molecule has 1 aliphatic rings. The molecule has 0 bridgehead atoms. The highest BCUT2D eigenvalue weighted by atomic mass is 16.3. The standard InChI is InChI=1S/C20H28N2O2/c1-20(2,24)12-10-16-6-8-18(9-7-16)19(23)21-13-11-17-5-4-14-22(3)15-17/h6-9,17,24H,4-5,11,13-15H2,1-3H3,(H,21,23)/t17-/m1/s1. The van der Waals surface area contributed by atoms with Crippen LogP contribution in [0, 0.1) is 17.8 Å².